The molecule has 0 saturated carbocycles. The molecule has 0 aliphatic rings. The fraction of sp³-hybridized carbons (Fsp3) is 0.143. The molecular formula is C21H17ClN2S2. The summed E-state index contributed by atoms with van der Waals surface area (Å²) in [5.41, 5.74) is 6.23. The Hall–Kier alpha value is -1.88. The van der Waals surface area contributed by atoms with Crippen LogP contribution in [0.3, 0.4) is 0 Å². The van der Waals surface area contributed by atoms with Crippen LogP contribution in [0.4, 0.5) is 0 Å². The van der Waals surface area contributed by atoms with Gasteiger partial charge in [-0.05, 0) is 48.2 Å². The molecule has 130 valence electrons. The maximum atomic E-state index is 6.10. The van der Waals surface area contributed by atoms with E-state index in [9.17, 15) is 0 Å². The fourth-order valence-corrected chi connectivity index (χ4v) is 5.01. The molecular weight excluding hydrogens is 380 g/mol. The zero-order valence-electron chi connectivity index (χ0n) is 14.5. The SMILES string of the molecule is Cc1ccc(-c2csc3ncnc(SCc4cccc(Cl)c4)c23)cc1C. The lowest BCUT2D eigenvalue weighted by Gasteiger charge is -2.07. The van der Waals surface area contributed by atoms with Gasteiger partial charge in [-0.15, -0.1) is 23.1 Å². The highest BCUT2D eigenvalue weighted by atomic mass is 35.5. The fourth-order valence-electron chi connectivity index (χ4n) is 2.86. The van der Waals surface area contributed by atoms with Crippen molar-refractivity contribution in [3.8, 4) is 11.1 Å². The van der Waals surface area contributed by atoms with Gasteiger partial charge < -0.3 is 0 Å². The number of nitrogens with zero attached hydrogens (tertiary/aromatic N) is 2. The van der Waals surface area contributed by atoms with Crippen LogP contribution in [0.2, 0.25) is 5.02 Å². The van der Waals surface area contributed by atoms with E-state index in [0.29, 0.717) is 0 Å². The summed E-state index contributed by atoms with van der Waals surface area (Å²) in [7, 11) is 0. The highest BCUT2D eigenvalue weighted by molar-refractivity contribution is 7.98. The van der Waals surface area contributed by atoms with Crippen molar-refractivity contribution in [2.45, 2.75) is 24.6 Å². The lowest BCUT2D eigenvalue weighted by Crippen LogP contribution is -1.88. The number of rotatable bonds is 4. The molecule has 0 saturated heterocycles. The van der Waals surface area contributed by atoms with Gasteiger partial charge in [0.05, 0.1) is 5.39 Å². The van der Waals surface area contributed by atoms with E-state index >= 15 is 0 Å². The van der Waals surface area contributed by atoms with E-state index in [1.807, 2.05) is 18.2 Å². The molecule has 0 amide bonds. The summed E-state index contributed by atoms with van der Waals surface area (Å²) in [6.07, 6.45) is 1.66. The Morgan fingerprint density at radius 2 is 1.92 bits per heavy atom. The van der Waals surface area contributed by atoms with Crippen LogP contribution in [0.1, 0.15) is 16.7 Å². The van der Waals surface area contributed by atoms with Gasteiger partial charge in [-0.3, -0.25) is 0 Å². The number of fused-ring (bicyclic) bond motifs is 1. The van der Waals surface area contributed by atoms with Gasteiger partial charge in [-0.2, -0.15) is 0 Å². The highest BCUT2D eigenvalue weighted by Gasteiger charge is 2.14. The molecule has 0 fully saturated rings. The molecule has 2 heterocycles. The number of benzene rings is 2. The smallest absolute Gasteiger partial charge is 0.128 e. The van der Waals surface area contributed by atoms with E-state index < -0.39 is 0 Å². The lowest BCUT2D eigenvalue weighted by molar-refractivity contribution is 1.11. The van der Waals surface area contributed by atoms with Crippen molar-refractivity contribution >= 4 is 44.9 Å². The maximum absolute atomic E-state index is 6.10. The summed E-state index contributed by atoms with van der Waals surface area (Å²) in [5.74, 6) is 0.828. The molecule has 4 aromatic rings. The second kappa shape index (κ2) is 7.39. The van der Waals surface area contributed by atoms with Crippen LogP contribution in [0, 0.1) is 13.8 Å². The molecule has 0 N–H and O–H groups in total. The quantitative estimate of drug-likeness (QED) is 0.276. The van der Waals surface area contributed by atoms with Gasteiger partial charge in [0, 0.05) is 21.7 Å². The topological polar surface area (TPSA) is 25.8 Å². The molecule has 0 bridgehead atoms. The summed E-state index contributed by atoms with van der Waals surface area (Å²) in [6, 6.07) is 14.6. The second-order valence-corrected chi connectivity index (χ2v) is 8.48. The van der Waals surface area contributed by atoms with Crippen LogP contribution >= 0.6 is 34.7 Å². The third-order valence-electron chi connectivity index (χ3n) is 4.42. The maximum Gasteiger partial charge on any atom is 0.128 e. The van der Waals surface area contributed by atoms with Crippen LogP contribution in [-0.4, -0.2) is 9.97 Å². The van der Waals surface area contributed by atoms with Crippen molar-refractivity contribution in [1.82, 2.24) is 9.97 Å². The van der Waals surface area contributed by atoms with Crippen LogP contribution in [-0.2, 0) is 5.75 Å². The largest absolute Gasteiger partial charge is 0.229 e. The Bertz CT molecular complexity index is 1090. The monoisotopic (exact) mass is 396 g/mol. The van der Waals surface area contributed by atoms with Crippen molar-refractivity contribution in [2.75, 3.05) is 0 Å². The standard InChI is InChI=1S/C21H17ClN2S2/c1-13-6-7-16(8-14(13)2)18-11-26-21-19(18)20(23-12-24-21)25-10-15-4-3-5-17(22)9-15/h3-9,11-12H,10H2,1-2H3. The predicted molar refractivity (Wildman–Crippen MR) is 113 cm³/mol. The molecule has 0 aliphatic heterocycles. The Morgan fingerprint density at radius 3 is 2.73 bits per heavy atom. The summed E-state index contributed by atoms with van der Waals surface area (Å²) in [5, 5.41) is 5.12. The van der Waals surface area contributed by atoms with Gasteiger partial charge >= 0.3 is 0 Å². The first-order valence-electron chi connectivity index (χ1n) is 8.29. The van der Waals surface area contributed by atoms with Gasteiger partial charge in [0.15, 0.2) is 0 Å². The third-order valence-corrected chi connectivity index (χ3v) is 6.60. The first-order chi connectivity index (χ1) is 12.6. The number of aryl methyl sites for hydroxylation is 2. The summed E-state index contributed by atoms with van der Waals surface area (Å²) < 4.78 is 0. The van der Waals surface area contributed by atoms with E-state index in [-0.39, 0.29) is 0 Å². The Kier molecular flexibility index (Phi) is 4.98. The predicted octanol–water partition coefficient (Wildman–Crippen LogP) is 6.92. The second-order valence-electron chi connectivity index (χ2n) is 6.23. The first kappa shape index (κ1) is 17.5. The Balaban J connectivity index is 1.73. The summed E-state index contributed by atoms with van der Waals surface area (Å²) in [4.78, 5) is 10.1. The molecule has 2 nitrogen and oxygen atoms in total. The minimum atomic E-state index is 0.766. The van der Waals surface area contributed by atoms with E-state index in [2.05, 4.69) is 53.5 Å². The number of hydrogen-bond donors (Lipinski definition) is 0. The Labute approximate surface area is 166 Å². The van der Waals surface area contributed by atoms with E-state index in [0.717, 1.165) is 26.0 Å². The van der Waals surface area contributed by atoms with Crippen molar-refractivity contribution in [1.29, 1.82) is 0 Å². The number of halogens is 1. The molecule has 0 spiro atoms. The number of thioether (sulfide) groups is 1. The molecule has 5 heteroatoms. The average molecular weight is 397 g/mol. The average Bonchev–Trinajstić information content (AvgIpc) is 3.07. The molecule has 4 rings (SSSR count). The molecule has 0 unspecified atom stereocenters. The number of aromatic nitrogens is 2. The van der Waals surface area contributed by atoms with Crippen LogP contribution < -0.4 is 0 Å². The molecule has 0 atom stereocenters. The van der Waals surface area contributed by atoms with Crippen LogP contribution in [0.25, 0.3) is 21.3 Å². The van der Waals surface area contributed by atoms with Crippen molar-refractivity contribution in [2.24, 2.45) is 0 Å². The number of hydrogen-bond acceptors (Lipinski definition) is 4. The molecule has 26 heavy (non-hydrogen) atoms. The van der Waals surface area contributed by atoms with Gasteiger partial charge in [0.25, 0.3) is 0 Å². The normalized spacial score (nSPS) is 11.2. The minimum absolute atomic E-state index is 0.766. The van der Waals surface area contributed by atoms with Gasteiger partial charge in [0.2, 0.25) is 0 Å². The van der Waals surface area contributed by atoms with Gasteiger partial charge in [0.1, 0.15) is 16.2 Å². The van der Waals surface area contributed by atoms with Crippen molar-refractivity contribution < 1.29 is 0 Å². The van der Waals surface area contributed by atoms with Gasteiger partial charge in [-0.25, -0.2) is 9.97 Å². The third kappa shape index (κ3) is 3.50. The highest BCUT2D eigenvalue weighted by Crippen LogP contribution is 2.39. The van der Waals surface area contributed by atoms with Crippen LogP contribution in [0.15, 0.2) is 59.2 Å². The molecule has 2 aromatic heterocycles. The van der Waals surface area contributed by atoms with Crippen molar-refractivity contribution in [3.63, 3.8) is 0 Å². The molecule has 0 radical (unpaired) electrons. The van der Waals surface area contributed by atoms with Gasteiger partial charge in [-0.1, -0.05) is 41.9 Å². The van der Waals surface area contributed by atoms with Crippen LogP contribution in [0.5, 0.6) is 0 Å². The molecule has 2 aromatic carbocycles. The minimum Gasteiger partial charge on any atom is -0.229 e. The summed E-state index contributed by atoms with van der Waals surface area (Å²) >= 11 is 9.50. The van der Waals surface area contributed by atoms with E-state index in [4.69, 9.17) is 11.6 Å². The zero-order valence-corrected chi connectivity index (χ0v) is 16.9. The van der Waals surface area contributed by atoms with Crippen molar-refractivity contribution in [3.05, 3.63) is 75.9 Å². The van der Waals surface area contributed by atoms with E-state index in [1.54, 1.807) is 29.4 Å². The lowest BCUT2D eigenvalue weighted by atomic mass is 10.0. The number of thiophene rings is 1. The first-order valence-corrected chi connectivity index (χ1v) is 10.5. The summed E-state index contributed by atoms with van der Waals surface area (Å²) in [6.45, 7) is 4.29. The Morgan fingerprint density at radius 1 is 1.04 bits per heavy atom. The molecule has 0 aliphatic carbocycles. The van der Waals surface area contributed by atoms with E-state index in [1.165, 1.54) is 27.8 Å². The zero-order chi connectivity index (χ0) is 18.1.